The van der Waals surface area contributed by atoms with Gasteiger partial charge in [-0.15, -0.1) is 11.8 Å². The molecular weight excluding hydrogens is 344 g/mol. The lowest BCUT2D eigenvalue weighted by molar-refractivity contribution is 0.102. The third kappa shape index (κ3) is 3.80. The van der Waals surface area contributed by atoms with Crippen molar-refractivity contribution in [2.75, 3.05) is 11.6 Å². The van der Waals surface area contributed by atoms with Gasteiger partial charge in [-0.25, -0.2) is 0 Å². The number of thioether (sulfide) groups is 1. The Hall–Kier alpha value is -2.60. The van der Waals surface area contributed by atoms with Crippen LogP contribution in [0.25, 0.3) is 11.3 Å². The predicted octanol–water partition coefficient (Wildman–Crippen LogP) is 4.74. The number of aromatic nitrogens is 3. The van der Waals surface area contributed by atoms with Crippen LogP contribution in [0.2, 0.25) is 0 Å². The summed E-state index contributed by atoms with van der Waals surface area (Å²) in [5.41, 5.74) is 3.42. The van der Waals surface area contributed by atoms with Crippen molar-refractivity contribution in [2.45, 2.75) is 31.2 Å². The summed E-state index contributed by atoms with van der Waals surface area (Å²) in [6.45, 7) is 6.45. The number of amides is 1. The molecular formula is C20H22N4OS. The number of pyridine rings is 1. The summed E-state index contributed by atoms with van der Waals surface area (Å²) in [6, 6.07) is 13.4. The van der Waals surface area contributed by atoms with E-state index in [1.165, 1.54) is 17.3 Å². The SMILES string of the molecule is CSc1n[nH]c(NC(=O)c2ccc(C(C)(C)C)cc2)c1-c1ccccn1. The minimum atomic E-state index is -0.182. The number of nitrogens with zero attached hydrogens (tertiary/aromatic N) is 2. The van der Waals surface area contributed by atoms with Crippen LogP contribution < -0.4 is 5.32 Å². The van der Waals surface area contributed by atoms with Crippen molar-refractivity contribution in [3.05, 3.63) is 59.8 Å². The van der Waals surface area contributed by atoms with Crippen LogP contribution in [-0.2, 0) is 5.41 Å². The summed E-state index contributed by atoms with van der Waals surface area (Å²) < 4.78 is 0. The second kappa shape index (κ2) is 7.33. The van der Waals surface area contributed by atoms with Gasteiger partial charge in [0, 0.05) is 11.8 Å². The van der Waals surface area contributed by atoms with Gasteiger partial charge in [0.25, 0.3) is 5.91 Å². The zero-order chi connectivity index (χ0) is 18.7. The predicted molar refractivity (Wildman–Crippen MR) is 107 cm³/mol. The number of nitrogens with one attached hydrogen (secondary N) is 2. The highest BCUT2D eigenvalue weighted by molar-refractivity contribution is 7.98. The maximum absolute atomic E-state index is 12.7. The van der Waals surface area contributed by atoms with Gasteiger partial charge in [0.05, 0.1) is 11.3 Å². The highest BCUT2D eigenvalue weighted by Gasteiger charge is 2.19. The monoisotopic (exact) mass is 366 g/mol. The Balaban J connectivity index is 1.87. The highest BCUT2D eigenvalue weighted by atomic mass is 32.2. The molecule has 3 aromatic rings. The zero-order valence-electron chi connectivity index (χ0n) is 15.3. The first-order valence-electron chi connectivity index (χ1n) is 8.36. The molecule has 0 saturated heterocycles. The summed E-state index contributed by atoms with van der Waals surface area (Å²) in [5.74, 6) is 0.372. The topological polar surface area (TPSA) is 70.7 Å². The third-order valence-corrected chi connectivity index (χ3v) is 4.78. The molecule has 26 heavy (non-hydrogen) atoms. The molecule has 0 atom stereocenters. The highest BCUT2D eigenvalue weighted by Crippen LogP contribution is 2.33. The number of H-pyrrole nitrogens is 1. The lowest BCUT2D eigenvalue weighted by Gasteiger charge is -2.19. The van der Waals surface area contributed by atoms with Crippen LogP contribution in [0.1, 0.15) is 36.7 Å². The van der Waals surface area contributed by atoms with E-state index in [0.29, 0.717) is 11.4 Å². The van der Waals surface area contributed by atoms with Crippen LogP contribution in [0, 0.1) is 0 Å². The number of rotatable bonds is 4. The molecule has 3 rings (SSSR count). The molecule has 0 aliphatic heterocycles. The minimum Gasteiger partial charge on any atom is -0.306 e. The number of carbonyl (C=O) groups excluding carboxylic acids is 1. The minimum absolute atomic E-state index is 0.0534. The average molecular weight is 366 g/mol. The Kier molecular flexibility index (Phi) is 5.13. The molecule has 0 aliphatic carbocycles. The van der Waals surface area contributed by atoms with Crippen molar-refractivity contribution in [3.63, 3.8) is 0 Å². The van der Waals surface area contributed by atoms with Crippen molar-refractivity contribution in [3.8, 4) is 11.3 Å². The van der Waals surface area contributed by atoms with E-state index >= 15 is 0 Å². The third-order valence-electron chi connectivity index (χ3n) is 4.10. The van der Waals surface area contributed by atoms with Crippen molar-refractivity contribution < 1.29 is 4.79 Å². The van der Waals surface area contributed by atoms with Crippen molar-refractivity contribution >= 4 is 23.5 Å². The molecule has 0 spiro atoms. The Bertz CT molecular complexity index is 896. The molecule has 6 heteroatoms. The van der Waals surface area contributed by atoms with E-state index < -0.39 is 0 Å². The van der Waals surface area contributed by atoms with E-state index in [1.807, 2.05) is 48.7 Å². The van der Waals surface area contributed by atoms with Crippen molar-refractivity contribution in [1.82, 2.24) is 15.2 Å². The van der Waals surface area contributed by atoms with Gasteiger partial charge in [-0.3, -0.25) is 14.9 Å². The number of hydrogen-bond donors (Lipinski definition) is 2. The van der Waals surface area contributed by atoms with Gasteiger partial charge < -0.3 is 5.32 Å². The fourth-order valence-electron chi connectivity index (χ4n) is 2.62. The fraction of sp³-hybridized carbons (Fsp3) is 0.250. The van der Waals surface area contributed by atoms with Gasteiger partial charge in [-0.2, -0.15) is 5.10 Å². The van der Waals surface area contributed by atoms with Crippen molar-refractivity contribution in [2.24, 2.45) is 0 Å². The standard InChI is InChI=1S/C20H22N4OS/c1-20(2,3)14-10-8-13(9-11-14)18(25)22-17-16(19(26-4)24-23-17)15-7-5-6-12-21-15/h5-12H,1-4H3,(H2,22,23,24,25). The molecule has 2 aromatic heterocycles. The molecule has 0 fully saturated rings. The Labute approximate surface area is 157 Å². The normalized spacial score (nSPS) is 11.4. The summed E-state index contributed by atoms with van der Waals surface area (Å²) in [5, 5.41) is 10.9. The molecule has 0 bridgehead atoms. The summed E-state index contributed by atoms with van der Waals surface area (Å²) in [4.78, 5) is 17.1. The van der Waals surface area contributed by atoms with Crippen molar-refractivity contribution in [1.29, 1.82) is 0 Å². The van der Waals surface area contributed by atoms with E-state index in [9.17, 15) is 4.79 Å². The van der Waals surface area contributed by atoms with Crippen LogP contribution >= 0.6 is 11.8 Å². The van der Waals surface area contributed by atoms with Gasteiger partial charge in [0.1, 0.15) is 10.8 Å². The largest absolute Gasteiger partial charge is 0.306 e. The van der Waals surface area contributed by atoms with E-state index in [2.05, 4.69) is 41.3 Å². The quantitative estimate of drug-likeness (QED) is 0.654. The van der Waals surface area contributed by atoms with E-state index in [1.54, 1.807) is 6.20 Å². The van der Waals surface area contributed by atoms with Gasteiger partial charge in [-0.1, -0.05) is 39.0 Å². The Morgan fingerprint density at radius 2 is 1.85 bits per heavy atom. The molecule has 5 nitrogen and oxygen atoms in total. The number of benzene rings is 1. The first-order chi connectivity index (χ1) is 12.4. The van der Waals surface area contributed by atoms with E-state index in [-0.39, 0.29) is 11.3 Å². The van der Waals surface area contributed by atoms with Gasteiger partial charge in [0.15, 0.2) is 0 Å². The smallest absolute Gasteiger partial charge is 0.256 e. The fourth-order valence-corrected chi connectivity index (χ4v) is 3.17. The lowest BCUT2D eigenvalue weighted by Crippen LogP contribution is -2.15. The summed E-state index contributed by atoms with van der Waals surface area (Å²) >= 11 is 1.51. The molecule has 0 aliphatic rings. The van der Waals surface area contributed by atoms with Gasteiger partial charge in [-0.05, 0) is 41.5 Å². The second-order valence-electron chi connectivity index (χ2n) is 6.98. The van der Waals surface area contributed by atoms with Crippen LogP contribution in [0.4, 0.5) is 5.82 Å². The van der Waals surface area contributed by atoms with Gasteiger partial charge >= 0.3 is 0 Å². The number of anilines is 1. The molecule has 1 aromatic carbocycles. The maximum atomic E-state index is 12.7. The first-order valence-corrected chi connectivity index (χ1v) is 9.58. The Morgan fingerprint density at radius 1 is 1.12 bits per heavy atom. The lowest BCUT2D eigenvalue weighted by atomic mass is 9.87. The Morgan fingerprint density at radius 3 is 2.42 bits per heavy atom. The number of aromatic amines is 1. The van der Waals surface area contributed by atoms with Crippen LogP contribution in [0.5, 0.6) is 0 Å². The van der Waals surface area contributed by atoms with E-state index in [0.717, 1.165) is 16.3 Å². The first kappa shape index (κ1) is 18.2. The van der Waals surface area contributed by atoms with Gasteiger partial charge in [0.2, 0.25) is 0 Å². The summed E-state index contributed by atoms with van der Waals surface area (Å²) in [7, 11) is 0. The average Bonchev–Trinajstić information content (AvgIpc) is 3.04. The molecule has 2 N–H and O–H groups in total. The zero-order valence-corrected chi connectivity index (χ0v) is 16.1. The second-order valence-corrected chi connectivity index (χ2v) is 7.77. The molecule has 1 amide bonds. The number of carbonyl (C=O) groups is 1. The molecule has 134 valence electrons. The molecule has 0 unspecified atom stereocenters. The molecule has 0 saturated carbocycles. The summed E-state index contributed by atoms with van der Waals surface area (Å²) in [6.07, 6.45) is 3.67. The van der Waals surface area contributed by atoms with E-state index in [4.69, 9.17) is 0 Å². The van der Waals surface area contributed by atoms with Crippen LogP contribution in [-0.4, -0.2) is 27.3 Å². The molecule has 0 radical (unpaired) electrons. The number of hydrogen-bond acceptors (Lipinski definition) is 4. The maximum Gasteiger partial charge on any atom is 0.256 e. The molecule has 2 heterocycles. The van der Waals surface area contributed by atoms with Crippen LogP contribution in [0.15, 0.2) is 53.7 Å². The van der Waals surface area contributed by atoms with Crippen LogP contribution in [0.3, 0.4) is 0 Å².